The summed E-state index contributed by atoms with van der Waals surface area (Å²) >= 11 is 5.94. The van der Waals surface area contributed by atoms with Crippen molar-refractivity contribution in [2.75, 3.05) is 5.32 Å². The Morgan fingerprint density at radius 2 is 2.00 bits per heavy atom. The van der Waals surface area contributed by atoms with Gasteiger partial charge in [0.25, 0.3) is 5.91 Å². The van der Waals surface area contributed by atoms with Crippen LogP contribution >= 0.6 is 11.6 Å². The maximum Gasteiger partial charge on any atom is 0.419 e. The van der Waals surface area contributed by atoms with E-state index in [0.29, 0.717) is 27.4 Å². The third kappa shape index (κ3) is 2.51. The first-order valence-electron chi connectivity index (χ1n) is 6.63. The molecule has 3 rings (SSSR count). The summed E-state index contributed by atoms with van der Waals surface area (Å²) in [6.45, 7) is 1.88. The molecule has 0 radical (unpaired) electrons. The van der Waals surface area contributed by atoms with E-state index in [9.17, 15) is 9.59 Å². The minimum Gasteiger partial charge on any atom is -0.408 e. The lowest BCUT2D eigenvalue weighted by Crippen LogP contribution is -2.12. The van der Waals surface area contributed by atoms with Crippen LogP contribution in [0.15, 0.2) is 45.6 Å². The van der Waals surface area contributed by atoms with Gasteiger partial charge in [0.2, 0.25) is 0 Å². The molecule has 6 heteroatoms. The van der Waals surface area contributed by atoms with Gasteiger partial charge in [0.1, 0.15) is 0 Å². The summed E-state index contributed by atoms with van der Waals surface area (Å²) in [5.74, 6) is -0.753. The van der Waals surface area contributed by atoms with Crippen LogP contribution < -0.4 is 11.1 Å². The van der Waals surface area contributed by atoms with E-state index in [2.05, 4.69) is 5.32 Å². The molecule has 0 bridgehead atoms. The summed E-state index contributed by atoms with van der Waals surface area (Å²) in [4.78, 5) is 23.8. The molecule has 1 N–H and O–H groups in total. The van der Waals surface area contributed by atoms with Gasteiger partial charge in [-0.05, 0) is 42.8 Å². The third-order valence-electron chi connectivity index (χ3n) is 3.50. The number of hydrogen-bond acceptors (Lipinski definition) is 3. The molecule has 0 aliphatic carbocycles. The van der Waals surface area contributed by atoms with Crippen molar-refractivity contribution in [3.63, 3.8) is 0 Å². The first kappa shape index (κ1) is 14.4. The SMILES string of the molecule is Cc1ccc(Cl)cc1NC(=O)c1ccc2c(c1)oc(=O)n2C. The van der Waals surface area contributed by atoms with Gasteiger partial charge < -0.3 is 9.73 Å². The Hall–Kier alpha value is -2.53. The normalized spacial score (nSPS) is 10.9. The highest BCUT2D eigenvalue weighted by Gasteiger charge is 2.12. The number of nitrogens with zero attached hydrogens (tertiary/aromatic N) is 1. The Labute approximate surface area is 131 Å². The van der Waals surface area contributed by atoms with E-state index in [0.717, 1.165) is 5.56 Å². The molecule has 22 heavy (non-hydrogen) atoms. The second-order valence-electron chi connectivity index (χ2n) is 5.02. The van der Waals surface area contributed by atoms with E-state index in [-0.39, 0.29) is 5.91 Å². The highest BCUT2D eigenvalue weighted by molar-refractivity contribution is 6.31. The molecule has 0 aliphatic rings. The topological polar surface area (TPSA) is 64.2 Å². The van der Waals surface area contributed by atoms with Gasteiger partial charge in [0, 0.05) is 23.3 Å². The van der Waals surface area contributed by atoms with Crippen LogP contribution in [0.4, 0.5) is 5.69 Å². The average molecular weight is 317 g/mol. The lowest BCUT2D eigenvalue weighted by atomic mass is 10.1. The molecular weight excluding hydrogens is 304 g/mol. The van der Waals surface area contributed by atoms with E-state index < -0.39 is 5.76 Å². The van der Waals surface area contributed by atoms with Crippen LogP contribution in [0.3, 0.4) is 0 Å². The molecular formula is C16H13ClN2O3. The predicted molar refractivity (Wildman–Crippen MR) is 85.6 cm³/mol. The van der Waals surface area contributed by atoms with Gasteiger partial charge in [-0.3, -0.25) is 9.36 Å². The maximum absolute atomic E-state index is 12.3. The average Bonchev–Trinajstić information content (AvgIpc) is 2.77. The molecule has 1 heterocycles. The number of halogens is 1. The quantitative estimate of drug-likeness (QED) is 0.788. The second-order valence-corrected chi connectivity index (χ2v) is 5.46. The summed E-state index contributed by atoms with van der Waals surface area (Å²) in [7, 11) is 1.61. The van der Waals surface area contributed by atoms with Crippen molar-refractivity contribution in [2.24, 2.45) is 7.05 Å². The number of anilines is 1. The van der Waals surface area contributed by atoms with Crippen molar-refractivity contribution < 1.29 is 9.21 Å². The molecule has 112 valence electrons. The van der Waals surface area contributed by atoms with Crippen LogP contribution in [0, 0.1) is 6.92 Å². The molecule has 1 aromatic heterocycles. The Bertz CT molecular complexity index is 940. The molecule has 0 saturated carbocycles. The van der Waals surface area contributed by atoms with E-state index in [4.69, 9.17) is 16.0 Å². The summed E-state index contributed by atoms with van der Waals surface area (Å²) in [5, 5.41) is 3.35. The highest BCUT2D eigenvalue weighted by Crippen LogP contribution is 2.21. The first-order valence-corrected chi connectivity index (χ1v) is 7.00. The Balaban J connectivity index is 1.95. The Kier molecular flexibility index (Phi) is 3.50. The van der Waals surface area contributed by atoms with E-state index in [1.165, 1.54) is 4.57 Å². The number of hydrogen-bond donors (Lipinski definition) is 1. The summed E-state index contributed by atoms with van der Waals surface area (Å²) < 4.78 is 6.48. The number of nitrogens with one attached hydrogen (secondary N) is 1. The minimum absolute atomic E-state index is 0.293. The van der Waals surface area contributed by atoms with Gasteiger partial charge in [-0.2, -0.15) is 0 Å². The number of fused-ring (bicyclic) bond motifs is 1. The van der Waals surface area contributed by atoms with Gasteiger partial charge in [0.15, 0.2) is 5.58 Å². The van der Waals surface area contributed by atoms with Crippen LogP contribution in [0.2, 0.25) is 5.02 Å². The fourth-order valence-electron chi connectivity index (χ4n) is 2.20. The van der Waals surface area contributed by atoms with Crippen molar-refractivity contribution in [3.05, 3.63) is 63.1 Å². The number of oxazole rings is 1. The number of amides is 1. The second kappa shape index (κ2) is 5.35. The van der Waals surface area contributed by atoms with Crippen LogP contribution in [-0.2, 0) is 7.05 Å². The molecule has 0 unspecified atom stereocenters. The number of rotatable bonds is 2. The molecule has 0 spiro atoms. The van der Waals surface area contributed by atoms with Gasteiger partial charge >= 0.3 is 5.76 Å². The van der Waals surface area contributed by atoms with Crippen molar-refractivity contribution in [1.29, 1.82) is 0 Å². The highest BCUT2D eigenvalue weighted by atomic mass is 35.5. The van der Waals surface area contributed by atoms with Gasteiger partial charge in [-0.25, -0.2) is 4.79 Å². The van der Waals surface area contributed by atoms with Gasteiger partial charge in [-0.15, -0.1) is 0 Å². The Morgan fingerprint density at radius 1 is 1.23 bits per heavy atom. The van der Waals surface area contributed by atoms with Crippen LogP contribution in [0.25, 0.3) is 11.1 Å². The fourth-order valence-corrected chi connectivity index (χ4v) is 2.37. The smallest absolute Gasteiger partial charge is 0.408 e. The monoisotopic (exact) mass is 316 g/mol. The number of aromatic nitrogens is 1. The van der Waals surface area contributed by atoms with E-state index >= 15 is 0 Å². The standard InChI is InChI=1S/C16H13ClN2O3/c1-9-3-5-11(17)8-12(9)18-15(20)10-4-6-13-14(7-10)22-16(21)19(13)2/h3-8H,1-2H3,(H,18,20). The molecule has 1 amide bonds. The van der Waals surface area contributed by atoms with Gasteiger partial charge in [0.05, 0.1) is 5.52 Å². The van der Waals surface area contributed by atoms with Crippen LogP contribution in [0.1, 0.15) is 15.9 Å². The molecule has 0 saturated heterocycles. The molecule has 0 atom stereocenters. The van der Waals surface area contributed by atoms with Crippen molar-refractivity contribution in [2.45, 2.75) is 6.92 Å². The maximum atomic E-state index is 12.3. The zero-order valence-corrected chi connectivity index (χ0v) is 12.8. The van der Waals surface area contributed by atoms with Crippen molar-refractivity contribution in [1.82, 2.24) is 4.57 Å². The summed E-state index contributed by atoms with van der Waals surface area (Å²) in [6.07, 6.45) is 0. The number of aryl methyl sites for hydroxylation is 2. The number of benzene rings is 2. The van der Waals surface area contributed by atoms with Crippen molar-refractivity contribution >= 4 is 34.3 Å². The third-order valence-corrected chi connectivity index (χ3v) is 3.74. The number of carbonyl (C=O) groups excluding carboxylic acids is 1. The molecule has 0 fully saturated rings. The molecule has 0 aliphatic heterocycles. The van der Waals surface area contributed by atoms with Crippen LogP contribution in [0.5, 0.6) is 0 Å². The molecule has 5 nitrogen and oxygen atoms in total. The van der Waals surface area contributed by atoms with Crippen LogP contribution in [-0.4, -0.2) is 10.5 Å². The molecule has 3 aromatic rings. The summed E-state index contributed by atoms with van der Waals surface area (Å²) in [6, 6.07) is 10.2. The number of carbonyl (C=O) groups is 1. The zero-order valence-electron chi connectivity index (χ0n) is 12.0. The van der Waals surface area contributed by atoms with Crippen molar-refractivity contribution in [3.8, 4) is 0 Å². The van der Waals surface area contributed by atoms with E-state index in [1.807, 2.05) is 13.0 Å². The first-order chi connectivity index (χ1) is 10.5. The predicted octanol–water partition coefficient (Wildman–Crippen LogP) is 3.35. The lowest BCUT2D eigenvalue weighted by Gasteiger charge is -2.08. The lowest BCUT2D eigenvalue weighted by molar-refractivity contribution is 0.102. The fraction of sp³-hybridized carbons (Fsp3) is 0.125. The Morgan fingerprint density at radius 3 is 2.77 bits per heavy atom. The van der Waals surface area contributed by atoms with E-state index in [1.54, 1.807) is 37.4 Å². The van der Waals surface area contributed by atoms with Gasteiger partial charge in [-0.1, -0.05) is 17.7 Å². The minimum atomic E-state index is -0.460. The molecule has 2 aromatic carbocycles. The largest absolute Gasteiger partial charge is 0.419 e. The summed E-state index contributed by atoms with van der Waals surface area (Å²) in [5.41, 5.74) is 2.97. The zero-order chi connectivity index (χ0) is 15.9.